The van der Waals surface area contributed by atoms with Crippen LogP contribution in [0.25, 0.3) is 10.8 Å². The molecule has 26 heavy (non-hydrogen) atoms. The Bertz CT molecular complexity index is 830. The summed E-state index contributed by atoms with van der Waals surface area (Å²) in [7, 11) is 6.33. The number of hydrogen-bond donors (Lipinski definition) is 0. The number of ether oxygens (including phenoxy) is 1. The second-order valence-electron chi connectivity index (χ2n) is 7.07. The van der Waals surface area contributed by atoms with E-state index in [9.17, 15) is 0 Å². The quantitative estimate of drug-likeness (QED) is 0.600. The Balaban J connectivity index is 1.66. The van der Waals surface area contributed by atoms with Gasteiger partial charge in [-0.05, 0) is 43.5 Å². The Labute approximate surface area is 156 Å². The molecule has 0 aromatic heterocycles. The van der Waals surface area contributed by atoms with Crippen molar-refractivity contribution in [3.8, 4) is 5.75 Å². The summed E-state index contributed by atoms with van der Waals surface area (Å²) in [6.07, 6.45) is 0. The van der Waals surface area contributed by atoms with Gasteiger partial charge in [-0.25, -0.2) is 0 Å². The van der Waals surface area contributed by atoms with Crippen molar-refractivity contribution in [2.24, 2.45) is 0 Å². The topological polar surface area (TPSA) is 15.7 Å². The predicted molar refractivity (Wildman–Crippen MR) is 110 cm³/mol. The molecule has 0 aliphatic rings. The maximum absolute atomic E-state index is 6.19. The van der Waals surface area contributed by atoms with Crippen molar-refractivity contribution in [1.82, 2.24) is 9.80 Å². The number of fused-ring (bicyclic) bond motifs is 1. The van der Waals surface area contributed by atoms with Crippen LogP contribution in [0.3, 0.4) is 0 Å². The summed E-state index contributed by atoms with van der Waals surface area (Å²) >= 11 is 0. The fourth-order valence-corrected chi connectivity index (χ4v) is 3.22. The molecule has 136 valence electrons. The van der Waals surface area contributed by atoms with Crippen molar-refractivity contribution in [1.29, 1.82) is 0 Å². The molecule has 0 bridgehead atoms. The van der Waals surface area contributed by atoms with Crippen molar-refractivity contribution in [3.05, 3.63) is 77.9 Å². The second kappa shape index (κ2) is 8.84. The summed E-state index contributed by atoms with van der Waals surface area (Å²) in [4.78, 5) is 4.48. The van der Waals surface area contributed by atoms with Gasteiger partial charge in [-0.2, -0.15) is 0 Å². The van der Waals surface area contributed by atoms with E-state index in [1.807, 2.05) is 0 Å². The summed E-state index contributed by atoms with van der Waals surface area (Å²) in [5, 5.41) is 2.54. The van der Waals surface area contributed by atoms with E-state index < -0.39 is 0 Å². The molecule has 3 aromatic rings. The molecular weight excluding hydrogens is 320 g/mol. The highest BCUT2D eigenvalue weighted by molar-refractivity contribution is 5.87. The minimum Gasteiger partial charge on any atom is -0.492 e. The Morgan fingerprint density at radius 3 is 2.27 bits per heavy atom. The minimum atomic E-state index is 0.683. The average molecular weight is 348 g/mol. The van der Waals surface area contributed by atoms with Gasteiger partial charge in [-0.15, -0.1) is 0 Å². The molecule has 0 N–H and O–H groups in total. The van der Waals surface area contributed by atoms with Gasteiger partial charge in [0.25, 0.3) is 0 Å². The van der Waals surface area contributed by atoms with Crippen LogP contribution in [0.15, 0.2) is 66.7 Å². The first-order valence-electron chi connectivity index (χ1n) is 9.14. The molecule has 0 saturated heterocycles. The number of nitrogens with zero attached hydrogens (tertiary/aromatic N) is 2. The highest BCUT2D eigenvalue weighted by atomic mass is 16.5. The molecule has 0 heterocycles. The smallest absolute Gasteiger partial charge is 0.124 e. The highest BCUT2D eigenvalue weighted by Gasteiger charge is 2.10. The van der Waals surface area contributed by atoms with E-state index in [1.165, 1.54) is 21.9 Å². The van der Waals surface area contributed by atoms with Gasteiger partial charge in [0.05, 0.1) is 0 Å². The van der Waals surface area contributed by atoms with Crippen LogP contribution < -0.4 is 4.74 Å². The van der Waals surface area contributed by atoms with Crippen LogP contribution in [0.5, 0.6) is 5.75 Å². The van der Waals surface area contributed by atoms with Gasteiger partial charge in [-0.3, -0.25) is 4.90 Å². The van der Waals surface area contributed by atoms with E-state index in [0.717, 1.165) is 25.4 Å². The fraction of sp³-hybridized carbons (Fsp3) is 0.304. The summed E-state index contributed by atoms with van der Waals surface area (Å²) in [6, 6.07) is 23.3. The largest absolute Gasteiger partial charge is 0.492 e. The zero-order valence-electron chi connectivity index (χ0n) is 16.0. The highest BCUT2D eigenvalue weighted by Crippen LogP contribution is 2.29. The molecule has 3 rings (SSSR count). The molecule has 0 spiro atoms. The van der Waals surface area contributed by atoms with Crippen LogP contribution in [0.4, 0.5) is 0 Å². The minimum absolute atomic E-state index is 0.683. The molecule has 0 aliphatic carbocycles. The van der Waals surface area contributed by atoms with Gasteiger partial charge in [0.15, 0.2) is 0 Å². The molecule has 0 fully saturated rings. The lowest BCUT2D eigenvalue weighted by Gasteiger charge is -2.20. The molecule has 0 radical (unpaired) electrons. The first-order valence-corrected chi connectivity index (χ1v) is 9.14. The van der Waals surface area contributed by atoms with E-state index in [-0.39, 0.29) is 0 Å². The molecule has 0 saturated carbocycles. The third kappa shape index (κ3) is 4.84. The lowest BCUT2D eigenvalue weighted by atomic mass is 10.0. The van der Waals surface area contributed by atoms with Crippen molar-refractivity contribution in [2.45, 2.75) is 13.1 Å². The Morgan fingerprint density at radius 2 is 1.50 bits per heavy atom. The molecule has 3 aromatic carbocycles. The van der Waals surface area contributed by atoms with Crippen molar-refractivity contribution >= 4 is 10.8 Å². The second-order valence-corrected chi connectivity index (χ2v) is 7.07. The lowest BCUT2D eigenvalue weighted by Crippen LogP contribution is -2.24. The predicted octanol–water partition coefficient (Wildman–Crippen LogP) is 4.41. The SMILES string of the molecule is CN(C)Cc1c(OCCN(C)Cc2ccccc2)ccc2ccccc12. The van der Waals surface area contributed by atoms with Crippen LogP contribution in [-0.4, -0.2) is 44.1 Å². The first kappa shape index (κ1) is 18.4. The van der Waals surface area contributed by atoms with Crippen molar-refractivity contribution in [2.75, 3.05) is 34.3 Å². The van der Waals surface area contributed by atoms with E-state index in [2.05, 4.69) is 97.7 Å². The average Bonchev–Trinajstić information content (AvgIpc) is 2.64. The Hall–Kier alpha value is -2.36. The Morgan fingerprint density at radius 1 is 0.769 bits per heavy atom. The standard InChI is InChI=1S/C23H28N2O/c1-24(2)18-22-21-12-8-7-11-20(21)13-14-23(22)26-16-15-25(3)17-19-9-5-4-6-10-19/h4-14H,15-18H2,1-3H3. The van der Waals surface area contributed by atoms with Crippen LogP contribution >= 0.6 is 0 Å². The molecular formula is C23H28N2O. The number of rotatable bonds is 8. The zero-order chi connectivity index (χ0) is 18.4. The first-order chi connectivity index (χ1) is 12.6. The molecule has 3 heteroatoms. The molecule has 3 nitrogen and oxygen atoms in total. The lowest BCUT2D eigenvalue weighted by molar-refractivity contribution is 0.230. The third-order valence-corrected chi connectivity index (χ3v) is 4.50. The number of benzene rings is 3. The summed E-state index contributed by atoms with van der Waals surface area (Å²) < 4.78 is 6.19. The third-order valence-electron chi connectivity index (χ3n) is 4.50. The van der Waals surface area contributed by atoms with Crippen LogP contribution in [0, 0.1) is 0 Å². The normalized spacial score (nSPS) is 11.4. The molecule has 0 atom stereocenters. The maximum Gasteiger partial charge on any atom is 0.124 e. The van der Waals surface area contributed by atoms with Gasteiger partial charge >= 0.3 is 0 Å². The summed E-state index contributed by atoms with van der Waals surface area (Å²) in [6.45, 7) is 3.38. The van der Waals surface area contributed by atoms with Crippen LogP contribution in [0.2, 0.25) is 0 Å². The van der Waals surface area contributed by atoms with E-state index in [0.29, 0.717) is 6.61 Å². The zero-order valence-corrected chi connectivity index (χ0v) is 16.0. The monoisotopic (exact) mass is 348 g/mol. The van der Waals surface area contributed by atoms with E-state index in [4.69, 9.17) is 4.74 Å². The summed E-state index contributed by atoms with van der Waals surface area (Å²) in [5.74, 6) is 0.991. The van der Waals surface area contributed by atoms with E-state index in [1.54, 1.807) is 0 Å². The summed E-state index contributed by atoms with van der Waals surface area (Å²) in [5.41, 5.74) is 2.59. The van der Waals surface area contributed by atoms with Gasteiger partial charge in [0.2, 0.25) is 0 Å². The number of hydrogen-bond acceptors (Lipinski definition) is 3. The maximum atomic E-state index is 6.19. The van der Waals surface area contributed by atoms with Gasteiger partial charge in [0, 0.05) is 25.2 Å². The van der Waals surface area contributed by atoms with Crippen molar-refractivity contribution < 1.29 is 4.74 Å². The van der Waals surface area contributed by atoms with Gasteiger partial charge in [-0.1, -0.05) is 60.7 Å². The van der Waals surface area contributed by atoms with Crippen LogP contribution in [0.1, 0.15) is 11.1 Å². The van der Waals surface area contributed by atoms with E-state index >= 15 is 0 Å². The molecule has 0 aliphatic heterocycles. The molecule has 0 unspecified atom stereocenters. The van der Waals surface area contributed by atoms with Crippen LogP contribution in [-0.2, 0) is 13.1 Å². The Kier molecular flexibility index (Phi) is 6.26. The number of likely N-dealkylation sites (N-methyl/N-ethyl adjacent to an activating group) is 1. The van der Waals surface area contributed by atoms with Gasteiger partial charge in [0.1, 0.15) is 12.4 Å². The van der Waals surface area contributed by atoms with Gasteiger partial charge < -0.3 is 9.64 Å². The fourth-order valence-electron chi connectivity index (χ4n) is 3.22. The van der Waals surface area contributed by atoms with Crippen molar-refractivity contribution in [3.63, 3.8) is 0 Å². The molecule has 0 amide bonds.